The Kier molecular flexibility index (Phi) is 7.99. The first kappa shape index (κ1) is 20.5. The number of carbonyl (C=O) groups is 2. The Labute approximate surface area is 157 Å². The molecule has 0 saturated carbocycles. The zero-order chi connectivity index (χ0) is 17.5. The number of nitrogens with one attached hydrogen (secondary N) is 1. The Morgan fingerprint density at radius 1 is 1.16 bits per heavy atom. The molecule has 0 aliphatic heterocycles. The van der Waals surface area contributed by atoms with Gasteiger partial charge in [-0.15, -0.1) is 0 Å². The number of phenolic OH excluding ortho intramolecular Hbond substituents is 1. The van der Waals surface area contributed by atoms with E-state index < -0.39 is 12.0 Å². The summed E-state index contributed by atoms with van der Waals surface area (Å²) in [7, 11) is 0. The topological polar surface area (TPSA) is 116 Å². The van der Waals surface area contributed by atoms with Gasteiger partial charge in [-0.25, -0.2) is 0 Å². The molecule has 0 aliphatic rings. The van der Waals surface area contributed by atoms with Crippen LogP contribution in [0.15, 0.2) is 54.7 Å². The van der Waals surface area contributed by atoms with Gasteiger partial charge >= 0.3 is 5.97 Å². The van der Waals surface area contributed by atoms with Crippen molar-refractivity contribution in [2.75, 3.05) is 0 Å². The summed E-state index contributed by atoms with van der Waals surface area (Å²) in [5.74, 6) is -0.937. The first-order valence-electron chi connectivity index (χ1n) is 7.29. The van der Waals surface area contributed by atoms with E-state index in [-0.39, 0.29) is 25.2 Å². The van der Waals surface area contributed by atoms with Crippen LogP contribution in [-0.4, -0.2) is 33.5 Å². The number of hydrogen-bond acceptors (Lipinski definition) is 4. The number of rotatable bonds is 4. The van der Waals surface area contributed by atoms with Crippen LogP contribution < -0.4 is 5.73 Å². The van der Waals surface area contributed by atoms with Crippen LogP contribution in [0, 0.1) is 0 Å². The normalized spacial score (nSPS) is 10.9. The molecule has 25 heavy (non-hydrogen) atoms. The van der Waals surface area contributed by atoms with E-state index in [1.807, 2.05) is 30.5 Å². The second-order valence-electron chi connectivity index (χ2n) is 5.19. The van der Waals surface area contributed by atoms with Crippen molar-refractivity contribution < 1.29 is 39.3 Å². The molecule has 6 nitrogen and oxygen atoms in total. The van der Waals surface area contributed by atoms with Crippen molar-refractivity contribution in [1.29, 1.82) is 0 Å². The molecule has 2 aromatic carbocycles. The number of aromatic hydroxyl groups is 1. The van der Waals surface area contributed by atoms with Crippen LogP contribution in [0.2, 0.25) is 0 Å². The first-order chi connectivity index (χ1) is 11.5. The molecule has 0 aliphatic carbocycles. The molecule has 0 saturated heterocycles. The number of aliphatic carboxylic acids is 1. The van der Waals surface area contributed by atoms with Crippen molar-refractivity contribution in [3.8, 4) is 5.75 Å². The molecule has 3 rings (SSSR count). The molecule has 0 fully saturated rings. The van der Waals surface area contributed by atoms with Crippen LogP contribution in [0.4, 0.5) is 0 Å². The number of carboxylic acid groups (broad SMARTS) is 1. The van der Waals surface area contributed by atoms with Gasteiger partial charge in [-0.2, -0.15) is 0 Å². The van der Waals surface area contributed by atoms with Crippen molar-refractivity contribution in [3.05, 3.63) is 65.9 Å². The fourth-order valence-corrected chi connectivity index (χ4v) is 2.21. The fourth-order valence-electron chi connectivity index (χ4n) is 2.21. The van der Waals surface area contributed by atoms with E-state index in [0.29, 0.717) is 18.3 Å². The third-order valence-electron chi connectivity index (χ3n) is 3.50. The number of aromatic nitrogens is 1. The molecule has 1 unspecified atom stereocenters. The second-order valence-corrected chi connectivity index (χ2v) is 5.19. The molecule has 7 heteroatoms. The van der Waals surface area contributed by atoms with E-state index in [4.69, 9.17) is 15.9 Å². The number of carbonyl (C=O) groups excluding carboxylic acids is 1. The quantitative estimate of drug-likeness (QED) is 0.402. The van der Waals surface area contributed by atoms with Crippen molar-refractivity contribution in [1.82, 2.24) is 4.98 Å². The minimum atomic E-state index is -0.972. The van der Waals surface area contributed by atoms with Gasteiger partial charge in [0.05, 0.1) is 5.56 Å². The number of aromatic amines is 1. The summed E-state index contributed by atoms with van der Waals surface area (Å²) in [4.78, 5) is 23.8. The SMILES string of the molecule is NC(Cc1c[nH]c2ccccc12)C(=O)O.O=Cc1ccccc1O.[Zn]. The second kappa shape index (κ2) is 9.72. The van der Waals surface area contributed by atoms with E-state index in [0.717, 1.165) is 16.5 Å². The third-order valence-corrected chi connectivity index (χ3v) is 3.50. The smallest absolute Gasteiger partial charge is 0.320 e. The van der Waals surface area contributed by atoms with Crippen LogP contribution in [0.25, 0.3) is 10.9 Å². The van der Waals surface area contributed by atoms with E-state index in [1.165, 1.54) is 6.07 Å². The molecular formula is C18H18N2O4Zn. The molecule has 0 bridgehead atoms. The molecule has 0 spiro atoms. The maximum atomic E-state index is 10.6. The van der Waals surface area contributed by atoms with Gasteiger partial charge in [-0.05, 0) is 23.8 Å². The predicted molar refractivity (Wildman–Crippen MR) is 91.1 cm³/mol. The van der Waals surface area contributed by atoms with E-state index in [9.17, 15) is 9.59 Å². The molecule has 3 aromatic rings. The van der Waals surface area contributed by atoms with Crippen LogP contribution in [0.5, 0.6) is 5.75 Å². The number of nitrogens with two attached hydrogens (primary N) is 1. The zero-order valence-corrected chi connectivity index (χ0v) is 16.5. The van der Waals surface area contributed by atoms with Crippen molar-refractivity contribution in [2.24, 2.45) is 5.73 Å². The first-order valence-corrected chi connectivity index (χ1v) is 7.29. The Morgan fingerprint density at radius 2 is 1.80 bits per heavy atom. The monoisotopic (exact) mass is 390 g/mol. The van der Waals surface area contributed by atoms with Crippen molar-refractivity contribution in [2.45, 2.75) is 12.5 Å². The van der Waals surface area contributed by atoms with Crippen molar-refractivity contribution in [3.63, 3.8) is 0 Å². The average molecular weight is 392 g/mol. The molecular weight excluding hydrogens is 374 g/mol. The van der Waals surface area contributed by atoms with Crippen LogP contribution in [0.3, 0.4) is 0 Å². The molecule has 126 valence electrons. The van der Waals surface area contributed by atoms with Crippen LogP contribution in [0.1, 0.15) is 15.9 Å². The third kappa shape index (κ3) is 5.52. The molecule has 0 amide bonds. The summed E-state index contributed by atoms with van der Waals surface area (Å²) in [5.41, 5.74) is 7.77. The number of para-hydroxylation sites is 2. The molecule has 1 atom stereocenters. The van der Waals surface area contributed by atoms with Crippen LogP contribution in [-0.2, 0) is 30.7 Å². The summed E-state index contributed by atoms with van der Waals surface area (Å²) in [6.45, 7) is 0. The Balaban J connectivity index is 0.000000270. The fraction of sp³-hybridized carbons (Fsp3) is 0.111. The minimum absolute atomic E-state index is 0. The van der Waals surface area contributed by atoms with Gasteiger partial charge in [0.25, 0.3) is 0 Å². The molecule has 1 heterocycles. The van der Waals surface area contributed by atoms with E-state index in [1.54, 1.807) is 18.2 Å². The number of carboxylic acids is 1. The van der Waals surface area contributed by atoms with E-state index in [2.05, 4.69) is 4.98 Å². The van der Waals surface area contributed by atoms with E-state index >= 15 is 0 Å². The number of aldehydes is 1. The van der Waals surface area contributed by atoms with Gasteiger partial charge < -0.3 is 20.9 Å². The largest absolute Gasteiger partial charge is 0.507 e. The van der Waals surface area contributed by atoms with Gasteiger partial charge in [-0.1, -0.05) is 30.3 Å². The van der Waals surface area contributed by atoms with Gasteiger partial charge in [0.1, 0.15) is 11.8 Å². The standard InChI is InChI=1S/C11H12N2O2.C7H6O2.Zn/c12-9(11(14)15)5-7-6-13-10-4-2-1-3-8(7)10;8-5-6-3-1-2-4-7(6)9;/h1-4,6,9,13H,5,12H2,(H,14,15);1-5,9H;. The maximum Gasteiger partial charge on any atom is 0.320 e. The number of fused-ring (bicyclic) bond motifs is 1. The van der Waals surface area contributed by atoms with Gasteiger partial charge in [0.2, 0.25) is 0 Å². The summed E-state index contributed by atoms with van der Waals surface area (Å²) in [6, 6.07) is 13.3. The zero-order valence-electron chi connectivity index (χ0n) is 13.6. The number of benzene rings is 2. The Hall–Kier alpha value is -2.50. The van der Waals surface area contributed by atoms with Gasteiger partial charge in [0.15, 0.2) is 6.29 Å². The summed E-state index contributed by atoms with van der Waals surface area (Å²) < 4.78 is 0. The molecule has 1 aromatic heterocycles. The summed E-state index contributed by atoms with van der Waals surface area (Å²) in [5, 5.41) is 18.6. The number of hydrogen-bond donors (Lipinski definition) is 4. The number of phenols is 1. The van der Waals surface area contributed by atoms with Gasteiger partial charge in [-0.3, -0.25) is 9.59 Å². The Morgan fingerprint density at radius 3 is 2.40 bits per heavy atom. The molecule has 5 N–H and O–H groups in total. The molecule has 0 radical (unpaired) electrons. The Bertz CT molecular complexity index is 848. The number of H-pyrrole nitrogens is 1. The maximum absolute atomic E-state index is 10.6. The summed E-state index contributed by atoms with van der Waals surface area (Å²) in [6.07, 6.45) is 2.78. The van der Waals surface area contributed by atoms with Crippen LogP contribution >= 0.6 is 0 Å². The van der Waals surface area contributed by atoms with Crippen molar-refractivity contribution >= 4 is 23.2 Å². The average Bonchev–Trinajstić information content (AvgIpc) is 2.99. The predicted octanol–water partition coefficient (Wildman–Crippen LogP) is 2.32. The van der Waals surface area contributed by atoms with Gasteiger partial charge in [0, 0.05) is 43.0 Å². The minimum Gasteiger partial charge on any atom is -0.507 e. The summed E-state index contributed by atoms with van der Waals surface area (Å²) >= 11 is 0.